The molecule has 0 aliphatic rings. The fraction of sp³-hybridized carbons (Fsp3) is 0.417. The Kier molecular flexibility index (Phi) is 4.58. The minimum atomic E-state index is -2.85. The molecular weight excluding hydrogens is 247 g/mol. The van der Waals surface area contributed by atoms with Crippen molar-refractivity contribution in [3.8, 4) is 5.75 Å². The van der Waals surface area contributed by atoms with Crippen LogP contribution in [0.2, 0.25) is 0 Å². The van der Waals surface area contributed by atoms with Gasteiger partial charge in [-0.15, -0.1) is 0 Å². The lowest BCUT2D eigenvalue weighted by atomic mass is 9.84. The Hall–Kier alpha value is -1.72. The van der Waals surface area contributed by atoms with Gasteiger partial charge in [0.05, 0.1) is 5.41 Å². The van der Waals surface area contributed by atoms with Crippen molar-refractivity contribution in [1.29, 1.82) is 0 Å². The highest BCUT2D eigenvalue weighted by Crippen LogP contribution is 2.33. The van der Waals surface area contributed by atoms with Crippen LogP contribution in [0.25, 0.3) is 0 Å². The van der Waals surface area contributed by atoms with Crippen LogP contribution < -0.4 is 10.1 Å². The second kappa shape index (κ2) is 5.75. The average Bonchev–Trinajstić information content (AvgIpc) is 2.37. The predicted molar refractivity (Wildman–Crippen MR) is 60.9 cm³/mol. The van der Waals surface area contributed by atoms with E-state index in [0.717, 1.165) is 6.92 Å². The lowest BCUT2D eigenvalue weighted by Crippen LogP contribution is -2.33. The van der Waals surface area contributed by atoms with E-state index in [-0.39, 0.29) is 11.3 Å². The number of carbonyl (C=O) groups excluding carboxylic acids is 1. The number of carbonyl (C=O) groups is 1. The van der Waals surface area contributed by atoms with E-state index in [1.54, 1.807) is 0 Å². The molecule has 1 rings (SSSR count). The zero-order chi connectivity index (χ0) is 13.8. The maximum atomic E-state index is 12.9. The Morgan fingerprint density at radius 3 is 2.67 bits per heavy atom. The summed E-state index contributed by atoms with van der Waals surface area (Å²) in [5.74, 6) is 0.0900. The summed E-state index contributed by atoms with van der Waals surface area (Å²) in [7, 11) is 1.37. The molecular formula is C12H14F3NO2. The summed E-state index contributed by atoms with van der Waals surface area (Å²) < 4.78 is 43.4. The SMILES string of the molecule is CNC(=O)Oc1cccc(C(C)(CF)C(F)F)c1. The van der Waals surface area contributed by atoms with Crippen molar-refractivity contribution in [2.24, 2.45) is 0 Å². The fourth-order valence-corrected chi connectivity index (χ4v) is 1.33. The molecule has 6 heteroatoms. The first-order valence-electron chi connectivity index (χ1n) is 5.28. The molecule has 1 aromatic carbocycles. The van der Waals surface area contributed by atoms with Crippen molar-refractivity contribution >= 4 is 6.09 Å². The first-order valence-corrected chi connectivity index (χ1v) is 5.28. The average molecular weight is 261 g/mol. The zero-order valence-electron chi connectivity index (χ0n) is 10.0. The molecule has 1 amide bonds. The molecule has 0 bridgehead atoms. The summed E-state index contributed by atoms with van der Waals surface area (Å²) in [4.78, 5) is 11.0. The Bertz CT molecular complexity index is 426. The van der Waals surface area contributed by atoms with Gasteiger partial charge in [-0.3, -0.25) is 0 Å². The molecule has 0 aliphatic heterocycles. The van der Waals surface area contributed by atoms with Crippen LogP contribution in [-0.2, 0) is 5.41 Å². The van der Waals surface area contributed by atoms with E-state index < -0.39 is 24.6 Å². The van der Waals surface area contributed by atoms with E-state index in [0.29, 0.717) is 0 Å². The molecule has 0 saturated carbocycles. The predicted octanol–water partition coefficient (Wildman–Crippen LogP) is 2.90. The van der Waals surface area contributed by atoms with Crippen molar-refractivity contribution in [2.45, 2.75) is 18.8 Å². The van der Waals surface area contributed by atoms with E-state index >= 15 is 0 Å². The highest BCUT2D eigenvalue weighted by atomic mass is 19.3. The second-order valence-electron chi connectivity index (χ2n) is 4.02. The van der Waals surface area contributed by atoms with Crippen LogP contribution in [0.3, 0.4) is 0 Å². The highest BCUT2D eigenvalue weighted by molar-refractivity contribution is 5.69. The van der Waals surface area contributed by atoms with E-state index in [1.165, 1.54) is 31.3 Å². The largest absolute Gasteiger partial charge is 0.412 e. The molecule has 0 radical (unpaired) electrons. The molecule has 1 unspecified atom stereocenters. The summed E-state index contributed by atoms with van der Waals surface area (Å²) in [6.45, 7) is -0.0786. The van der Waals surface area contributed by atoms with Crippen molar-refractivity contribution in [2.75, 3.05) is 13.7 Å². The lowest BCUT2D eigenvalue weighted by Gasteiger charge is -2.26. The molecule has 0 fully saturated rings. The number of rotatable bonds is 4. The number of hydrogen-bond donors (Lipinski definition) is 1. The van der Waals surface area contributed by atoms with Crippen molar-refractivity contribution in [3.05, 3.63) is 29.8 Å². The number of nitrogens with one attached hydrogen (secondary N) is 1. The standard InChI is InChI=1S/C12H14F3NO2/c1-12(7-13,10(14)15)8-4-3-5-9(6-8)18-11(17)16-2/h3-6,10H,7H2,1-2H3,(H,16,17). The summed E-state index contributed by atoms with van der Waals surface area (Å²) >= 11 is 0. The van der Waals surface area contributed by atoms with E-state index in [2.05, 4.69) is 5.32 Å². The van der Waals surface area contributed by atoms with Crippen LogP contribution in [0, 0.1) is 0 Å². The number of halogens is 3. The molecule has 0 aromatic heterocycles. The molecule has 0 aliphatic carbocycles. The molecule has 1 aromatic rings. The van der Waals surface area contributed by atoms with Gasteiger partial charge >= 0.3 is 6.09 Å². The monoisotopic (exact) mass is 261 g/mol. The number of alkyl halides is 3. The number of amides is 1. The number of ether oxygens (including phenoxy) is 1. The van der Waals surface area contributed by atoms with Gasteiger partial charge < -0.3 is 10.1 Å². The van der Waals surface area contributed by atoms with Crippen LogP contribution in [0.5, 0.6) is 5.75 Å². The normalized spacial score (nSPS) is 14.1. The molecule has 0 spiro atoms. The smallest absolute Gasteiger partial charge is 0.410 e. The van der Waals surface area contributed by atoms with Gasteiger partial charge in [-0.1, -0.05) is 12.1 Å². The third-order valence-corrected chi connectivity index (χ3v) is 2.67. The van der Waals surface area contributed by atoms with Crippen molar-refractivity contribution in [3.63, 3.8) is 0 Å². The fourth-order valence-electron chi connectivity index (χ4n) is 1.33. The summed E-state index contributed by atoms with van der Waals surface area (Å²) in [5, 5.41) is 2.23. The minimum absolute atomic E-state index is 0.0846. The van der Waals surface area contributed by atoms with E-state index in [1.807, 2.05) is 0 Å². The van der Waals surface area contributed by atoms with Crippen LogP contribution in [0.1, 0.15) is 12.5 Å². The van der Waals surface area contributed by atoms with Gasteiger partial charge in [0.25, 0.3) is 0 Å². The maximum absolute atomic E-state index is 12.9. The number of hydrogen-bond acceptors (Lipinski definition) is 2. The summed E-state index contributed by atoms with van der Waals surface area (Å²) in [6, 6.07) is 5.48. The van der Waals surface area contributed by atoms with Crippen LogP contribution in [0.4, 0.5) is 18.0 Å². The van der Waals surface area contributed by atoms with Gasteiger partial charge in [0.2, 0.25) is 6.43 Å². The molecule has 0 saturated heterocycles. The second-order valence-corrected chi connectivity index (χ2v) is 4.02. The van der Waals surface area contributed by atoms with Gasteiger partial charge in [0.1, 0.15) is 12.4 Å². The first-order chi connectivity index (χ1) is 8.43. The topological polar surface area (TPSA) is 38.3 Å². The lowest BCUT2D eigenvalue weighted by molar-refractivity contribution is 0.0438. The van der Waals surface area contributed by atoms with E-state index in [9.17, 15) is 18.0 Å². The third kappa shape index (κ3) is 2.94. The third-order valence-electron chi connectivity index (χ3n) is 2.67. The van der Waals surface area contributed by atoms with Crippen LogP contribution in [0.15, 0.2) is 24.3 Å². The Labute approximate surface area is 103 Å². The molecule has 1 N–H and O–H groups in total. The summed E-state index contributed by atoms with van der Waals surface area (Å²) in [6.07, 6.45) is -3.57. The maximum Gasteiger partial charge on any atom is 0.412 e. The molecule has 1 atom stereocenters. The zero-order valence-corrected chi connectivity index (χ0v) is 10.0. The van der Waals surface area contributed by atoms with Gasteiger partial charge in [0.15, 0.2) is 0 Å². The Morgan fingerprint density at radius 1 is 1.50 bits per heavy atom. The molecule has 0 heterocycles. The van der Waals surface area contributed by atoms with Gasteiger partial charge in [-0.25, -0.2) is 18.0 Å². The van der Waals surface area contributed by atoms with Crippen LogP contribution >= 0.6 is 0 Å². The van der Waals surface area contributed by atoms with Gasteiger partial charge in [0, 0.05) is 7.05 Å². The van der Waals surface area contributed by atoms with Gasteiger partial charge in [-0.2, -0.15) is 0 Å². The first kappa shape index (κ1) is 14.3. The molecule has 3 nitrogen and oxygen atoms in total. The van der Waals surface area contributed by atoms with Gasteiger partial charge in [-0.05, 0) is 24.6 Å². The van der Waals surface area contributed by atoms with E-state index in [4.69, 9.17) is 4.74 Å². The molecule has 18 heavy (non-hydrogen) atoms. The highest BCUT2D eigenvalue weighted by Gasteiger charge is 2.37. The number of benzene rings is 1. The Morgan fingerprint density at radius 2 is 2.17 bits per heavy atom. The molecule has 100 valence electrons. The Balaban J connectivity index is 3.04. The summed E-state index contributed by atoms with van der Waals surface area (Å²) in [5.41, 5.74) is -1.82. The van der Waals surface area contributed by atoms with Crippen molar-refractivity contribution in [1.82, 2.24) is 5.32 Å². The minimum Gasteiger partial charge on any atom is -0.410 e. The quantitative estimate of drug-likeness (QED) is 0.905. The van der Waals surface area contributed by atoms with Crippen LogP contribution in [-0.4, -0.2) is 26.2 Å². The van der Waals surface area contributed by atoms with Crippen molar-refractivity contribution < 1.29 is 22.7 Å².